The van der Waals surface area contributed by atoms with E-state index in [1.165, 1.54) is 6.42 Å². The van der Waals surface area contributed by atoms with E-state index in [1.807, 2.05) is 0 Å². The zero-order valence-electron chi connectivity index (χ0n) is 12.4. The number of hydrogen-bond acceptors (Lipinski definition) is 5. The number of hydrogen-bond donors (Lipinski definition) is 1. The molecule has 0 aromatic carbocycles. The van der Waals surface area contributed by atoms with Gasteiger partial charge in [-0.25, -0.2) is 0 Å². The third-order valence-corrected chi connectivity index (χ3v) is 3.62. The Balaban J connectivity index is 1.95. The summed E-state index contributed by atoms with van der Waals surface area (Å²) >= 11 is 0. The number of ether oxygens (including phenoxy) is 4. The Morgan fingerprint density at radius 2 is 1.68 bits per heavy atom. The molecule has 2 atom stereocenters. The maximum absolute atomic E-state index is 5.94. The summed E-state index contributed by atoms with van der Waals surface area (Å²) in [5.74, 6) is 0.721. The molecule has 1 aliphatic carbocycles. The quantitative estimate of drug-likeness (QED) is 0.574. The topological polar surface area (TPSA) is 62.9 Å². The van der Waals surface area contributed by atoms with Gasteiger partial charge < -0.3 is 24.7 Å². The molecule has 0 spiro atoms. The average Bonchev–Trinajstić information content (AvgIpc) is 2.79. The highest BCUT2D eigenvalue weighted by molar-refractivity contribution is 4.90. The maximum atomic E-state index is 5.94. The van der Waals surface area contributed by atoms with Crippen LogP contribution in [-0.2, 0) is 18.9 Å². The van der Waals surface area contributed by atoms with Gasteiger partial charge in [0.05, 0.1) is 45.2 Å². The molecule has 1 fully saturated rings. The standard InChI is InChI=1S/C14H29NO4/c1-13-3-4-14(11-13,12-15)19-10-9-18-8-7-17-6-5-16-2/h13H,3-12,15H2,1-2H3. The highest BCUT2D eigenvalue weighted by atomic mass is 16.6. The lowest BCUT2D eigenvalue weighted by molar-refractivity contribution is -0.0654. The van der Waals surface area contributed by atoms with Crippen molar-refractivity contribution in [2.75, 3.05) is 53.3 Å². The molecular formula is C14H29NO4. The molecule has 19 heavy (non-hydrogen) atoms. The van der Waals surface area contributed by atoms with Crippen LogP contribution in [0.25, 0.3) is 0 Å². The minimum absolute atomic E-state index is 0.0995. The second kappa shape index (κ2) is 9.66. The van der Waals surface area contributed by atoms with E-state index >= 15 is 0 Å². The van der Waals surface area contributed by atoms with Gasteiger partial charge in [-0.2, -0.15) is 0 Å². The summed E-state index contributed by atoms with van der Waals surface area (Å²) in [6, 6.07) is 0. The predicted octanol–water partition coefficient (Wildman–Crippen LogP) is 1.20. The Bertz CT molecular complexity index is 227. The predicted molar refractivity (Wildman–Crippen MR) is 74.3 cm³/mol. The van der Waals surface area contributed by atoms with E-state index in [1.54, 1.807) is 7.11 Å². The van der Waals surface area contributed by atoms with Crippen molar-refractivity contribution in [1.82, 2.24) is 0 Å². The second-order valence-corrected chi connectivity index (χ2v) is 5.30. The van der Waals surface area contributed by atoms with Crippen molar-refractivity contribution in [3.63, 3.8) is 0 Å². The van der Waals surface area contributed by atoms with Crippen LogP contribution in [0.15, 0.2) is 0 Å². The number of nitrogens with two attached hydrogens (primary N) is 1. The molecule has 0 bridgehead atoms. The van der Waals surface area contributed by atoms with Gasteiger partial charge in [0.2, 0.25) is 0 Å². The molecule has 2 unspecified atom stereocenters. The third-order valence-electron chi connectivity index (χ3n) is 3.62. The van der Waals surface area contributed by atoms with Gasteiger partial charge in [-0.05, 0) is 25.2 Å². The molecule has 0 saturated heterocycles. The molecule has 5 nitrogen and oxygen atoms in total. The summed E-state index contributed by atoms with van der Waals surface area (Å²) in [6.45, 7) is 6.52. The molecule has 1 saturated carbocycles. The smallest absolute Gasteiger partial charge is 0.0807 e. The minimum atomic E-state index is -0.0995. The highest BCUT2D eigenvalue weighted by Crippen LogP contribution is 2.36. The van der Waals surface area contributed by atoms with E-state index in [0.29, 0.717) is 46.2 Å². The van der Waals surface area contributed by atoms with E-state index in [0.717, 1.165) is 18.8 Å². The molecule has 114 valence electrons. The van der Waals surface area contributed by atoms with Crippen molar-refractivity contribution in [2.24, 2.45) is 11.7 Å². The van der Waals surface area contributed by atoms with Crippen molar-refractivity contribution in [3.8, 4) is 0 Å². The highest BCUT2D eigenvalue weighted by Gasteiger charge is 2.36. The molecule has 2 N–H and O–H groups in total. The van der Waals surface area contributed by atoms with Crippen LogP contribution in [0.1, 0.15) is 26.2 Å². The molecule has 0 amide bonds. The van der Waals surface area contributed by atoms with E-state index in [9.17, 15) is 0 Å². The van der Waals surface area contributed by atoms with Crippen molar-refractivity contribution < 1.29 is 18.9 Å². The number of methoxy groups -OCH3 is 1. The Hall–Kier alpha value is -0.200. The summed E-state index contributed by atoms with van der Waals surface area (Å²) in [7, 11) is 1.66. The Kier molecular flexibility index (Phi) is 8.57. The van der Waals surface area contributed by atoms with Gasteiger partial charge in [0.15, 0.2) is 0 Å². The van der Waals surface area contributed by atoms with Crippen LogP contribution >= 0.6 is 0 Å². The molecular weight excluding hydrogens is 246 g/mol. The van der Waals surface area contributed by atoms with Crippen LogP contribution in [0.4, 0.5) is 0 Å². The Morgan fingerprint density at radius 3 is 2.21 bits per heavy atom. The van der Waals surface area contributed by atoms with Gasteiger partial charge in [-0.1, -0.05) is 6.92 Å². The molecule has 0 aromatic heterocycles. The second-order valence-electron chi connectivity index (χ2n) is 5.30. The first kappa shape index (κ1) is 16.9. The summed E-state index contributed by atoms with van der Waals surface area (Å²) in [4.78, 5) is 0. The fraction of sp³-hybridized carbons (Fsp3) is 1.00. The van der Waals surface area contributed by atoms with Gasteiger partial charge in [-0.3, -0.25) is 0 Å². The van der Waals surface area contributed by atoms with E-state index in [-0.39, 0.29) is 5.60 Å². The molecule has 0 aliphatic heterocycles. The van der Waals surface area contributed by atoms with Crippen LogP contribution in [0.5, 0.6) is 0 Å². The molecule has 0 aromatic rings. The largest absolute Gasteiger partial charge is 0.382 e. The van der Waals surface area contributed by atoms with E-state index in [2.05, 4.69) is 6.92 Å². The molecule has 0 radical (unpaired) electrons. The first-order valence-corrected chi connectivity index (χ1v) is 7.21. The third kappa shape index (κ3) is 6.68. The maximum Gasteiger partial charge on any atom is 0.0807 e. The summed E-state index contributed by atoms with van der Waals surface area (Å²) < 4.78 is 21.6. The van der Waals surface area contributed by atoms with E-state index < -0.39 is 0 Å². The van der Waals surface area contributed by atoms with Gasteiger partial charge in [-0.15, -0.1) is 0 Å². The van der Waals surface area contributed by atoms with Crippen LogP contribution in [0, 0.1) is 5.92 Å². The Morgan fingerprint density at radius 1 is 1.05 bits per heavy atom. The zero-order chi connectivity index (χ0) is 14.0. The molecule has 5 heteroatoms. The monoisotopic (exact) mass is 275 g/mol. The van der Waals surface area contributed by atoms with Gasteiger partial charge in [0, 0.05) is 13.7 Å². The fourth-order valence-corrected chi connectivity index (χ4v) is 2.51. The van der Waals surface area contributed by atoms with Crippen molar-refractivity contribution in [2.45, 2.75) is 31.8 Å². The first-order valence-electron chi connectivity index (χ1n) is 7.21. The van der Waals surface area contributed by atoms with Crippen molar-refractivity contribution in [3.05, 3.63) is 0 Å². The van der Waals surface area contributed by atoms with Crippen molar-refractivity contribution in [1.29, 1.82) is 0 Å². The summed E-state index contributed by atoms with van der Waals surface area (Å²) in [5, 5.41) is 0. The first-order chi connectivity index (χ1) is 9.22. The molecule has 1 rings (SSSR count). The lowest BCUT2D eigenvalue weighted by atomic mass is 10.0. The zero-order valence-corrected chi connectivity index (χ0v) is 12.4. The lowest BCUT2D eigenvalue weighted by Crippen LogP contribution is -2.39. The normalized spacial score (nSPS) is 27.0. The van der Waals surface area contributed by atoms with Crippen LogP contribution < -0.4 is 5.73 Å². The lowest BCUT2D eigenvalue weighted by Gasteiger charge is -2.28. The van der Waals surface area contributed by atoms with Crippen molar-refractivity contribution >= 4 is 0 Å². The van der Waals surface area contributed by atoms with Crippen LogP contribution in [-0.4, -0.2) is 58.9 Å². The summed E-state index contributed by atoms with van der Waals surface area (Å²) in [5.41, 5.74) is 5.74. The van der Waals surface area contributed by atoms with Crippen LogP contribution in [0.3, 0.4) is 0 Å². The van der Waals surface area contributed by atoms with Gasteiger partial charge >= 0.3 is 0 Å². The summed E-state index contributed by atoms with van der Waals surface area (Å²) in [6.07, 6.45) is 3.36. The fourth-order valence-electron chi connectivity index (χ4n) is 2.51. The average molecular weight is 275 g/mol. The SMILES string of the molecule is COCCOCCOCCOC1(CN)CCC(C)C1. The molecule has 0 heterocycles. The van der Waals surface area contributed by atoms with Gasteiger partial charge in [0.1, 0.15) is 0 Å². The van der Waals surface area contributed by atoms with Crippen LogP contribution in [0.2, 0.25) is 0 Å². The minimum Gasteiger partial charge on any atom is -0.382 e. The number of rotatable bonds is 11. The van der Waals surface area contributed by atoms with E-state index in [4.69, 9.17) is 24.7 Å². The molecule has 1 aliphatic rings. The van der Waals surface area contributed by atoms with Gasteiger partial charge in [0.25, 0.3) is 0 Å². The Labute approximate surface area is 116 Å².